The van der Waals surface area contributed by atoms with Gasteiger partial charge in [-0.05, 0) is 30.0 Å². The average molecular weight is 470 g/mol. The lowest BCUT2D eigenvalue weighted by molar-refractivity contribution is -0.274. The topological polar surface area (TPSA) is 74.6 Å². The number of carbonyl (C=O) groups excluding carboxylic acids is 1. The molecule has 2 saturated heterocycles. The molecule has 0 aliphatic carbocycles. The molecule has 7 nitrogen and oxygen atoms in total. The first-order valence-electron chi connectivity index (χ1n) is 10.9. The molecule has 2 atom stereocenters. The first-order chi connectivity index (χ1) is 15.5. The summed E-state index contributed by atoms with van der Waals surface area (Å²) in [6.45, 7) is 9.26. The maximum atomic E-state index is 13.0. The first kappa shape index (κ1) is 24.9. The number of alkyl halides is 3. The van der Waals surface area contributed by atoms with Gasteiger partial charge in [0.1, 0.15) is 5.75 Å². The Morgan fingerprint density at radius 3 is 2.27 bits per heavy atom. The molecule has 1 aromatic carbocycles. The van der Waals surface area contributed by atoms with Crippen LogP contribution in [0.25, 0.3) is 0 Å². The Bertz CT molecular complexity index is 880. The molecule has 0 saturated carbocycles. The van der Waals surface area contributed by atoms with Crippen LogP contribution in [0, 0.1) is 11.8 Å². The lowest BCUT2D eigenvalue weighted by Crippen LogP contribution is -2.59. The van der Waals surface area contributed by atoms with Gasteiger partial charge in [-0.15, -0.1) is 13.2 Å². The molecule has 1 aromatic rings. The van der Waals surface area contributed by atoms with Crippen molar-refractivity contribution in [3.63, 3.8) is 0 Å². The standard InChI is InChI=1S/C23H30F3N3O4/c1-14(2)15(3)27-21(32-4)18-9-17(10-28(11-18)22(31)29-12-19(30)13-29)16-5-7-20(8-6-16)33-23(24,25)26/h5-8,14,17-19,30H,3,9-13H2,1-2,4H3. The van der Waals surface area contributed by atoms with Crippen LogP contribution >= 0.6 is 0 Å². The summed E-state index contributed by atoms with van der Waals surface area (Å²) in [5.74, 6) is -0.0709. The molecule has 1 N–H and O–H groups in total. The summed E-state index contributed by atoms with van der Waals surface area (Å²) < 4.78 is 47.0. The number of amides is 2. The summed E-state index contributed by atoms with van der Waals surface area (Å²) in [4.78, 5) is 20.8. The summed E-state index contributed by atoms with van der Waals surface area (Å²) in [7, 11) is 1.53. The molecule has 182 valence electrons. The number of rotatable bonds is 5. The van der Waals surface area contributed by atoms with Crippen molar-refractivity contribution in [3.8, 4) is 5.75 Å². The molecular weight excluding hydrogens is 439 g/mol. The van der Waals surface area contributed by atoms with Gasteiger partial charge in [0.05, 0.1) is 32.2 Å². The minimum absolute atomic E-state index is 0.121. The van der Waals surface area contributed by atoms with Crippen molar-refractivity contribution in [2.45, 2.75) is 38.7 Å². The number of urea groups is 1. The second kappa shape index (κ2) is 10.0. The number of methoxy groups -OCH3 is 1. The van der Waals surface area contributed by atoms with Crippen molar-refractivity contribution >= 4 is 11.9 Å². The van der Waals surface area contributed by atoms with Crippen molar-refractivity contribution in [1.29, 1.82) is 0 Å². The number of halogens is 3. The number of carbonyl (C=O) groups is 1. The molecule has 0 bridgehead atoms. The fourth-order valence-electron chi connectivity index (χ4n) is 4.00. The third-order valence-electron chi connectivity index (χ3n) is 5.92. The van der Waals surface area contributed by atoms with E-state index < -0.39 is 12.5 Å². The monoisotopic (exact) mass is 469 g/mol. The number of hydrogen-bond donors (Lipinski definition) is 1. The quantitative estimate of drug-likeness (QED) is 0.523. The first-order valence-corrected chi connectivity index (χ1v) is 10.9. The minimum atomic E-state index is -4.76. The Kier molecular flexibility index (Phi) is 7.56. The maximum Gasteiger partial charge on any atom is 0.573 e. The number of aliphatic hydroxyl groups is 1. The normalized spacial score (nSPS) is 22.2. The average Bonchev–Trinajstić information content (AvgIpc) is 2.73. The minimum Gasteiger partial charge on any atom is -0.484 e. The Morgan fingerprint density at radius 2 is 1.76 bits per heavy atom. The Hall–Kier alpha value is -2.75. The highest BCUT2D eigenvalue weighted by Crippen LogP contribution is 2.34. The van der Waals surface area contributed by atoms with Gasteiger partial charge >= 0.3 is 12.4 Å². The van der Waals surface area contributed by atoms with Gasteiger partial charge < -0.3 is 24.4 Å². The summed E-state index contributed by atoms with van der Waals surface area (Å²) >= 11 is 0. The number of nitrogens with zero attached hydrogens (tertiary/aromatic N) is 3. The number of β-amino-alcohol motifs (C(OH)–C–C–N with tert-alkyl or cyclic N) is 1. The summed E-state index contributed by atoms with van der Waals surface area (Å²) in [6, 6.07) is 5.53. The second-order valence-electron chi connectivity index (χ2n) is 8.79. The molecule has 33 heavy (non-hydrogen) atoms. The van der Waals surface area contributed by atoms with Crippen LogP contribution in [0.5, 0.6) is 5.75 Å². The largest absolute Gasteiger partial charge is 0.573 e. The van der Waals surface area contributed by atoms with E-state index >= 15 is 0 Å². The van der Waals surface area contributed by atoms with E-state index in [2.05, 4.69) is 16.3 Å². The highest BCUT2D eigenvalue weighted by Gasteiger charge is 2.39. The summed E-state index contributed by atoms with van der Waals surface area (Å²) in [5, 5.41) is 9.58. The van der Waals surface area contributed by atoms with Gasteiger partial charge in [0.2, 0.25) is 0 Å². The van der Waals surface area contributed by atoms with Crippen LogP contribution in [0.4, 0.5) is 18.0 Å². The van der Waals surface area contributed by atoms with Crippen molar-refractivity contribution < 1.29 is 32.5 Å². The van der Waals surface area contributed by atoms with E-state index in [4.69, 9.17) is 4.74 Å². The highest BCUT2D eigenvalue weighted by molar-refractivity contribution is 5.82. The third-order valence-corrected chi connectivity index (χ3v) is 5.92. The van der Waals surface area contributed by atoms with E-state index in [0.717, 1.165) is 5.56 Å². The lowest BCUT2D eigenvalue weighted by atomic mass is 9.84. The number of ether oxygens (including phenoxy) is 2. The molecule has 2 heterocycles. The van der Waals surface area contributed by atoms with Gasteiger partial charge in [0, 0.05) is 24.7 Å². The van der Waals surface area contributed by atoms with E-state index in [-0.39, 0.29) is 42.6 Å². The SMILES string of the molecule is C=C(N=C(OC)C1CC(c2ccc(OC(F)(F)F)cc2)CN(C(=O)N2CC(O)C2)C1)C(C)C. The van der Waals surface area contributed by atoms with Gasteiger partial charge in [-0.25, -0.2) is 9.79 Å². The number of allylic oxidation sites excluding steroid dienone is 1. The number of piperidine rings is 1. The highest BCUT2D eigenvalue weighted by atomic mass is 19.4. The van der Waals surface area contributed by atoms with E-state index in [0.29, 0.717) is 31.1 Å². The molecular formula is C23H30F3N3O4. The molecule has 0 spiro atoms. The second-order valence-corrected chi connectivity index (χ2v) is 8.79. The van der Waals surface area contributed by atoms with Crippen molar-refractivity contribution in [2.75, 3.05) is 33.3 Å². The van der Waals surface area contributed by atoms with Gasteiger partial charge in [0.25, 0.3) is 0 Å². The van der Waals surface area contributed by atoms with Gasteiger partial charge in [-0.3, -0.25) is 0 Å². The molecule has 2 amide bonds. The molecule has 3 rings (SSSR count). The van der Waals surface area contributed by atoms with E-state index in [1.165, 1.54) is 19.2 Å². The molecule has 2 fully saturated rings. The Balaban J connectivity index is 1.84. The fourth-order valence-corrected chi connectivity index (χ4v) is 4.00. The van der Waals surface area contributed by atoms with Crippen molar-refractivity contribution in [2.24, 2.45) is 16.8 Å². The smallest absolute Gasteiger partial charge is 0.484 e. The van der Waals surface area contributed by atoms with Crippen LogP contribution in [0.2, 0.25) is 0 Å². The van der Waals surface area contributed by atoms with Crippen molar-refractivity contribution in [1.82, 2.24) is 9.80 Å². The van der Waals surface area contributed by atoms with Crippen LogP contribution in [0.3, 0.4) is 0 Å². The summed E-state index contributed by atoms with van der Waals surface area (Å²) in [6.07, 6.45) is -4.67. The van der Waals surface area contributed by atoms with Crippen LogP contribution in [-0.2, 0) is 4.74 Å². The van der Waals surface area contributed by atoms with Crippen LogP contribution < -0.4 is 4.74 Å². The van der Waals surface area contributed by atoms with Gasteiger partial charge in [0.15, 0.2) is 5.90 Å². The predicted octanol–water partition coefficient (Wildman–Crippen LogP) is 4.00. The molecule has 2 aliphatic rings. The molecule has 2 unspecified atom stereocenters. The van der Waals surface area contributed by atoms with Gasteiger partial charge in [-0.2, -0.15) is 0 Å². The number of benzene rings is 1. The Labute approximate surface area is 191 Å². The summed E-state index contributed by atoms with van der Waals surface area (Å²) in [5.41, 5.74) is 1.44. The van der Waals surface area contributed by atoms with Crippen molar-refractivity contribution in [3.05, 3.63) is 42.1 Å². The third kappa shape index (κ3) is 6.40. The van der Waals surface area contributed by atoms with Crippen LogP contribution in [0.1, 0.15) is 31.7 Å². The molecule has 0 aromatic heterocycles. The Morgan fingerprint density at radius 1 is 1.15 bits per heavy atom. The molecule has 0 radical (unpaired) electrons. The number of hydrogen-bond acceptors (Lipinski definition) is 5. The van der Waals surface area contributed by atoms with Crippen LogP contribution in [0.15, 0.2) is 41.5 Å². The zero-order valence-corrected chi connectivity index (χ0v) is 19.0. The maximum absolute atomic E-state index is 13.0. The zero-order chi connectivity index (χ0) is 24.3. The number of aliphatic imine (C=N–C) groups is 1. The zero-order valence-electron chi connectivity index (χ0n) is 19.0. The fraction of sp³-hybridized carbons (Fsp3) is 0.565. The van der Waals surface area contributed by atoms with E-state index in [9.17, 15) is 23.1 Å². The van der Waals surface area contributed by atoms with E-state index in [1.807, 2.05) is 13.8 Å². The lowest BCUT2D eigenvalue weighted by Gasteiger charge is -2.44. The van der Waals surface area contributed by atoms with Crippen LogP contribution in [-0.4, -0.2) is 72.6 Å². The predicted molar refractivity (Wildman–Crippen MR) is 117 cm³/mol. The molecule has 10 heteroatoms. The van der Waals surface area contributed by atoms with E-state index in [1.54, 1.807) is 21.9 Å². The van der Waals surface area contributed by atoms with Gasteiger partial charge in [-0.1, -0.05) is 32.6 Å². The number of aliphatic hydroxyl groups excluding tert-OH is 1. The molecule has 2 aliphatic heterocycles. The number of likely N-dealkylation sites (tertiary alicyclic amines) is 2.